The van der Waals surface area contributed by atoms with Gasteiger partial charge in [0.05, 0.1) is 22.7 Å². The molecule has 2 heterocycles. The molecular weight excluding hydrogens is 246 g/mol. The van der Waals surface area contributed by atoms with Crippen molar-refractivity contribution >= 4 is 33.8 Å². The van der Waals surface area contributed by atoms with Crippen LogP contribution in [0.3, 0.4) is 0 Å². The van der Waals surface area contributed by atoms with E-state index >= 15 is 0 Å². The van der Waals surface area contributed by atoms with E-state index in [1.807, 2.05) is 5.38 Å². The maximum atomic E-state index is 11.6. The van der Waals surface area contributed by atoms with Crippen molar-refractivity contribution in [1.29, 1.82) is 0 Å². The Balaban J connectivity index is 2.42. The molecule has 0 unspecified atom stereocenters. The zero-order chi connectivity index (χ0) is 11.5. The van der Waals surface area contributed by atoms with Gasteiger partial charge in [0, 0.05) is 5.38 Å². The van der Waals surface area contributed by atoms with Crippen LogP contribution in [0, 0.1) is 0 Å². The molecule has 0 aromatic carbocycles. The van der Waals surface area contributed by atoms with Gasteiger partial charge in [-0.05, 0) is 6.92 Å². The van der Waals surface area contributed by atoms with Crippen LogP contribution in [0.2, 0.25) is 0 Å². The van der Waals surface area contributed by atoms with Crippen LogP contribution in [0.15, 0.2) is 10.9 Å². The van der Waals surface area contributed by atoms with E-state index in [0.29, 0.717) is 22.3 Å². The molecule has 0 saturated carbocycles. The van der Waals surface area contributed by atoms with Gasteiger partial charge in [-0.25, -0.2) is 14.8 Å². The molecule has 16 heavy (non-hydrogen) atoms. The first-order valence-corrected chi connectivity index (χ1v) is 6.30. The van der Waals surface area contributed by atoms with Crippen molar-refractivity contribution in [1.82, 2.24) is 9.97 Å². The number of nitrogens with two attached hydrogens (primary N) is 1. The third-order valence-electron chi connectivity index (χ3n) is 1.78. The highest BCUT2D eigenvalue weighted by molar-refractivity contribution is 7.19. The van der Waals surface area contributed by atoms with Crippen molar-refractivity contribution in [3.63, 3.8) is 0 Å². The van der Waals surface area contributed by atoms with E-state index in [9.17, 15) is 4.79 Å². The van der Waals surface area contributed by atoms with Crippen LogP contribution in [0.4, 0.5) is 5.13 Å². The van der Waals surface area contributed by atoms with Crippen LogP contribution in [-0.4, -0.2) is 22.5 Å². The number of thiazole rings is 2. The minimum atomic E-state index is -0.460. The Bertz CT molecular complexity index is 493. The number of hydrogen-bond acceptors (Lipinski definition) is 7. The number of esters is 1. The van der Waals surface area contributed by atoms with Crippen molar-refractivity contribution in [3.05, 3.63) is 16.6 Å². The number of nitrogens with zero attached hydrogens (tertiary/aromatic N) is 2. The molecule has 2 aromatic rings. The molecule has 0 atom stereocenters. The molecule has 2 rings (SSSR count). The van der Waals surface area contributed by atoms with Crippen molar-refractivity contribution in [2.45, 2.75) is 6.92 Å². The maximum Gasteiger partial charge on any atom is 0.358 e. The molecule has 84 valence electrons. The molecule has 0 fully saturated rings. The first kappa shape index (κ1) is 11.0. The van der Waals surface area contributed by atoms with Crippen LogP contribution < -0.4 is 5.73 Å². The van der Waals surface area contributed by atoms with Gasteiger partial charge in [-0.3, -0.25) is 0 Å². The third kappa shape index (κ3) is 2.05. The molecule has 0 radical (unpaired) electrons. The normalized spacial score (nSPS) is 10.3. The van der Waals surface area contributed by atoms with Crippen molar-refractivity contribution in [3.8, 4) is 10.6 Å². The summed E-state index contributed by atoms with van der Waals surface area (Å²) in [5.74, 6) is -0.460. The Morgan fingerprint density at radius 2 is 2.44 bits per heavy atom. The Kier molecular flexibility index (Phi) is 3.16. The van der Waals surface area contributed by atoms with Crippen LogP contribution in [0.25, 0.3) is 10.6 Å². The summed E-state index contributed by atoms with van der Waals surface area (Å²) >= 11 is 2.69. The number of ether oxygens (including phenoxy) is 1. The molecule has 2 N–H and O–H groups in total. The fourth-order valence-corrected chi connectivity index (χ4v) is 2.58. The fourth-order valence-electron chi connectivity index (χ4n) is 1.17. The number of aromatic nitrogens is 2. The number of hydrogen-bond donors (Lipinski definition) is 1. The number of rotatable bonds is 3. The molecule has 0 saturated heterocycles. The number of carbonyl (C=O) groups is 1. The second-order valence-corrected chi connectivity index (χ2v) is 4.57. The topological polar surface area (TPSA) is 78.1 Å². The fraction of sp³-hybridized carbons (Fsp3) is 0.222. The van der Waals surface area contributed by atoms with Crippen LogP contribution in [0.1, 0.15) is 17.4 Å². The molecular formula is C9H9N3O2S2. The monoisotopic (exact) mass is 255 g/mol. The van der Waals surface area contributed by atoms with E-state index in [2.05, 4.69) is 9.97 Å². The Morgan fingerprint density at radius 1 is 1.62 bits per heavy atom. The minimum Gasteiger partial charge on any atom is -0.461 e. The average Bonchev–Trinajstić information content (AvgIpc) is 2.85. The summed E-state index contributed by atoms with van der Waals surface area (Å²) in [4.78, 5) is 20.4. The second kappa shape index (κ2) is 4.58. The third-order valence-corrected chi connectivity index (χ3v) is 3.27. The lowest BCUT2D eigenvalue weighted by atomic mass is 10.3. The summed E-state index contributed by atoms with van der Waals surface area (Å²) in [5.41, 5.74) is 8.25. The lowest BCUT2D eigenvalue weighted by Gasteiger charge is -1.99. The van der Waals surface area contributed by atoms with Gasteiger partial charge in [-0.2, -0.15) is 0 Å². The van der Waals surface area contributed by atoms with Gasteiger partial charge < -0.3 is 10.5 Å². The Morgan fingerprint density at radius 3 is 3.06 bits per heavy atom. The summed E-state index contributed by atoms with van der Waals surface area (Å²) < 4.78 is 4.91. The smallest absolute Gasteiger partial charge is 0.358 e. The zero-order valence-corrected chi connectivity index (χ0v) is 10.1. The lowest BCUT2D eigenvalue weighted by Crippen LogP contribution is -2.06. The predicted octanol–water partition coefficient (Wildman–Crippen LogP) is 2.03. The molecule has 2 aromatic heterocycles. The van der Waals surface area contributed by atoms with E-state index < -0.39 is 5.97 Å². The van der Waals surface area contributed by atoms with E-state index in [0.717, 1.165) is 0 Å². The maximum absolute atomic E-state index is 11.6. The average molecular weight is 255 g/mol. The first-order chi connectivity index (χ1) is 7.72. The number of anilines is 1. The molecule has 0 spiro atoms. The van der Waals surface area contributed by atoms with Crippen molar-refractivity contribution in [2.75, 3.05) is 12.3 Å². The van der Waals surface area contributed by atoms with Gasteiger partial charge in [0.25, 0.3) is 0 Å². The molecule has 5 nitrogen and oxygen atoms in total. The van der Waals surface area contributed by atoms with Gasteiger partial charge in [-0.15, -0.1) is 11.3 Å². The molecule has 0 bridgehead atoms. The van der Waals surface area contributed by atoms with Gasteiger partial charge in [0.15, 0.2) is 10.8 Å². The minimum absolute atomic E-state index is 0.246. The molecule has 0 aliphatic rings. The Hall–Kier alpha value is -1.47. The lowest BCUT2D eigenvalue weighted by molar-refractivity contribution is 0.0521. The first-order valence-electron chi connectivity index (χ1n) is 4.54. The predicted molar refractivity (Wildman–Crippen MR) is 63.6 cm³/mol. The summed E-state index contributed by atoms with van der Waals surface area (Å²) in [6.07, 6.45) is 0. The van der Waals surface area contributed by atoms with Crippen LogP contribution in [-0.2, 0) is 4.74 Å². The van der Waals surface area contributed by atoms with Crippen molar-refractivity contribution < 1.29 is 9.53 Å². The summed E-state index contributed by atoms with van der Waals surface area (Å²) in [6.45, 7) is 2.06. The van der Waals surface area contributed by atoms with Crippen LogP contribution in [0.5, 0.6) is 0 Å². The molecule has 7 heteroatoms. The molecule has 0 aliphatic heterocycles. The Labute approximate surface area is 99.9 Å². The largest absolute Gasteiger partial charge is 0.461 e. The van der Waals surface area contributed by atoms with Gasteiger partial charge in [0.2, 0.25) is 0 Å². The highest BCUT2D eigenvalue weighted by Gasteiger charge is 2.20. The van der Waals surface area contributed by atoms with Crippen LogP contribution >= 0.6 is 22.7 Å². The summed E-state index contributed by atoms with van der Waals surface area (Å²) in [6, 6.07) is 0. The number of nitrogen functional groups attached to an aromatic ring is 1. The highest BCUT2D eigenvalue weighted by Crippen LogP contribution is 2.31. The van der Waals surface area contributed by atoms with Gasteiger partial charge >= 0.3 is 5.97 Å². The SMILES string of the molecule is CCOC(=O)c1nc(N)sc1-c1cscn1. The second-order valence-electron chi connectivity index (χ2n) is 2.82. The standard InChI is InChI=1S/C9H9N3O2S2/c1-2-14-8(13)6-7(16-9(10)12-6)5-3-15-4-11-5/h3-4H,2H2,1H3,(H2,10,12). The summed E-state index contributed by atoms with van der Waals surface area (Å²) in [7, 11) is 0. The highest BCUT2D eigenvalue weighted by atomic mass is 32.1. The molecule has 0 aliphatic carbocycles. The summed E-state index contributed by atoms with van der Waals surface area (Å²) in [5, 5.41) is 2.18. The van der Waals surface area contributed by atoms with E-state index in [1.54, 1.807) is 12.4 Å². The van der Waals surface area contributed by atoms with Crippen molar-refractivity contribution in [2.24, 2.45) is 0 Å². The number of carbonyl (C=O) groups excluding carboxylic acids is 1. The van der Waals surface area contributed by atoms with E-state index in [-0.39, 0.29) is 5.69 Å². The van der Waals surface area contributed by atoms with Gasteiger partial charge in [0.1, 0.15) is 0 Å². The molecule has 0 amide bonds. The van der Waals surface area contributed by atoms with Gasteiger partial charge in [-0.1, -0.05) is 11.3 Å². The quantitative estimate of drug-likeness (QED) is 0.849. The van der Waals surface area contributed by atoms with E-state index in [1.165, 1.54) is 22.7 Å². The zero-order valence-electron chi connectivity index (χ0n) is 8.47. The van der Waals surface area contributed by atoms with E-state index in [4.69, 9.17) is 10.5 Å².